The van der Waals surface area contributed by atoms with Crippen LogP contribution >= 0.6 is 11.6 Å². The molecular weight excluding hydrogens is 310 g/mol. The van der Waals surface area contributed by atoms with Gasteiger partial charge in [-0.25, -0.2) is 0 Å². The van der Waals surface area contributed by atoms with E-state index in [0.717, 1.165) is 18.4 Å². The van der Waals surface area contributed by atoms with E-state index in [4.69, 9.17) is 16.3 Å². The monoisotopic (exact) mass is 331 g/mol. The van der Waals surface area contributed by atoms with Gasteiger partial charge in [-0.3, -0.25) is 4.79 Å². The standard InChI is InChI=1S/C19H22ClNO2/c1-4-5-15-7-10-17(11-8-15)23-14(3)19(22)21-16-9-6-13(2)18(20)12-16/h6-12,14H,4-5H2,1-3H3,(H,21,22). The maximum absolute atomic E-state index is 12.2. The summed E-state index contributed by atoms with van der Waals surface area (Å²) in [6.45, 7) is 5.79. The fourth-order valence-electron chi connectivity index (χ4n) is 2.20. The fraction of sp³-hybridized carbons (Fsp3) is 0.316. The van der Waals surface area contributed by atoms with Gasteiger partial charge in [0.1, 0.15) is 5.75 Å². The Morgan fingerprint density at radius 2 is 1.91 bits per heavy atom. The van der Waals surface area contributed by atoms with E-state index in [2.05, 4.69) is 12.2 Å². The molecule has 23 heavy (non-hydrogen) atoms. The zero-order valence-corrected chi connectivity index (χ0v) is 14.5. The molecule has 1 unspecified atom stereocenters. The lowest BCUT2D eigenvalue weighted by Gasteiger charge is -2.15. The molecule has 2 aromatic carbocycles. The third-order valence-electron chi connectivity index (χ3n) is 3.58. The van der Waals surface area contributed by atoms with Crippen molar-refractivity contribution in [2.24, 2.45) is 0 Å². The highest BCUT2D eigenvalue weighted by atomic mass is 35.5. The van der Waals surface area contributed by atoms with E-state index in [1.54, 1.807) is 13.0 Å². The predicted octanol–water partition coefficient (Wildman–Crippen LogP) is 5.01. The summed E-state index contributed by atoms with van der Waals surface area (Å²) in [6.07, 6.45) is 1.56. The van der Waals surface area contributed by atoms with Crippen LogP contribution in [0.5, 0.6) is 5.75 Å². The number of ether oxygens (including phenoxy) is 1. The first-order valence-corrected chi connectivity index (χ1v) is 8.20. The lowest BCUT2D eigenvalue weighted by Crippen LogP contribution is -2.30. The molecule has 1 N–H and O–H groups in total. The van der Waals surface area contributed by atoms with E-state index >= 15 is 0 Å². The van der Waals surface area contributed by atoms with Crippen molar-refractivity contribution in [3.05, 3.63) is 58.6 Å². The molecule has 122 valence electrons. The van der Waals surface area contributed by atoms with Crippen molar-refractivity contribution in [3.8, 4) is 5.75 Å². The molecule has 0 aliphatic heterocycles. The minimum absolute atomic E-state index is 0.206. The fourth-order valence-corrected chi connectivity index (χ4v) is 2.38. The SMILES string of the molecule is CCCc1ccc(OC(C)C(=O)Nc2ccc(C)c(Cl)c2)cc1. The quantitative estimate of drug-likeness (QED) is 0.808. The zero-order valence-electron chi connectivity index (χ0n) is 13.7. The summed E-state index contributed by atoms with van der Waals surface area (Å²) in [6, 6.07) is 13.3. The number of halogens is 1. The highest BCUT2D eigenvalue weighted by Gasteiger charge is 2.15. The maximum atomic E-state index is 12.2. The van der Waals surface area contributed by atoms with E-state index in [1.165, 1.54) is 5.56 Å². The number of aryl methyl sites for hydroxylation is 2. The minimum Gasteiger partial charge on any atom is -0.481 e. The zero-order chi connectivity index (χ0) is 16.8. The number of nitrogens with one attached hydrogen (secondary N) is 1. The second-order valence-corrected chi connectivity index (χ2v) is 6.01. The molecule has 4 heteroatoms. The average Bonchev–Trinajstić information content (AvgIpc) is 2.53. The van der Waals surface area contributed by atoms with Gasteiger partial charge in [0, 0.05) is 10.7 Å². The highest BCUT2D eigenvalue weighted by Crippen LogP contribution is 2.20. The Morgan fingerprint density at radius 1 is 1.22 bits per heavy atom. The third-order valence-corrected chi connectivity index (χ3v) is 3.99. The molecule has 2 aromatic rings. The molecule has 0 spiro atoms. The first-order valence-electron chi connectivity index (χ1n) is 7.82. The lowest BCUT2D eigenvalue weighted by atomic mass is 10.1. The molecule has 2 rings (SSSR count). The van der Waals surface area contributed by atoms with Crippen LogP contribution in [0.3, 0.4) is 0 Å². The van der Waals surface area contributed by atoms with Gasteiger partial charge in [-0.15, -0.1) is 0 Å². The summed E-state index contributed by atoms with van der Waals surface area (Å²) in [5.41, 5.74) is 2.91. The van der Waals surface area contributed by atoms with Gasteiger partial charge < -0.3 is 10.1 Å². The average molecular weight is 332 g/mol. The number of hydrogen-bond acceptors (Lipinski definition) is 2. The first kappa shape index (κ1) is 17.4. The van der Waals surface area contributed by atoms with E-state index in [-0.39, 0.29) is 5.91 Å². The van der Waals surface area contributed by atoms with Crippen LogP contribution in [0, 0.1) is 6.92 Å². The van der Waals surface area contributed by atoms with Gasteiger partial charge in [0.05, 0.1) is 0 Å². The van der Waals surface area contributed by atoms with Crippen LogP contribution in [0.15, 0.2) is 42.5 Å². The Labute approximate surface area is 142 Å². The van der Waals surface area contributed by atoms with Gasteiger partial charge in [0.15, 0.2) is 6.10 Å². The summed E-state index contributed by atoms with van der Waals surface area (Å²) in [5.74, 6) is 0.483. The number of carbonyl (C=O) groups excluding carboxylic acids is 1. The van der Waals surface area contributed by atoms with Crippen LogP contribution in [0.2, 0.25) is 5.02 Å². The summed E-state index contributed by atoms with van der Waals surface area (Å²) in [4.78, 5) is 12.2. The first-order chi connectivity index (χ1) is 11.0. The van der Waals surface area contributed by atoms with Crippen LogP contribution in [-0.2, 0) is 11.2 Å². The molecule has 0 heterocycles. The maximum Gasteiger partial charge on any atom is 0.265 e. The van der Waals surface area contributed by atoms with Crippen LogP contribution < -0.4 is 10.1 Å². The minimum atomic E-state index is -0.591. The van der Waals surface area contributed by atoms with Crippen LogP contribution in [0.4, 0.5) is 5.69 Å². The van der Waals surface area contributed by atoms with E-state index in [0.29, 0.717) is 16.5 Å². The molecule has 3 nitrogen and oxygen atoms in total. The molecule has 0 aliphatic rings. The number of benzene rings is 2. The summed E-state index contributed by atoms with van der Waals surface area (Å²) >= 11 is 6.06. The highest BCUT2D eigenvalue weighted by molar-refractivity contribution is 6.31. The normalized spacial score (nSPS) is 11.8. The number of anilines is 1. The molecular formula is C19H22ClNO2. The van der Waals surface area contributed by atoms with Gasteiger partial charge in [-0.1, -0.05) is 43.1 Å². The third kappa shape index (κ3) is 5.00. The Balaban J connectivity index is 1.95. The smallest absolute Gasteiger partial charge is 0.265 e. The lowest BCUT2D eigenvalue weighted by molar-refractivity contribution is -0.122. The predicted molar refractivity (Wildman–Crippen MR) is 95.3 cm³/mol. The molecule has 0 radical (unpaired) electrons. The van der Waals surface area contributed by atoms with Crippen molar-refractivity contribution in [1.82, 2.24) is 0 Å². The second kappa shape index (κ2) is 8.02. The van der Waals surface area contributed by atoms with Crippen LogP contribution in [0.1, 0.15) is 31.4 Å². The second-order valence-electron chi connectivity index (χ2n) is 5.61. The number of carbonyl (C=O) groups is 1. The van der Waals surface area contributed by atoms with Crippen molar-refractivity contribution in [3.63, 3.8) is 0 Å². The molecule has 0 saturated heterocycles. The van der Waals surface area contributed by atoms with Crippen molar-refractivity contribution in [1.29, 1.82) is 0 Å². The Bertz CT molecular complexity index is 668. The molecule has 1 amide bonds. The van der Waals surface area contributed by atoms with Gasteiger partial charge in [0.2, 0.25) is 0 Å². The Hall–Kier alpha value is -2.00. The van der Waals surface area contributed by atoms with Crippen LogP contribution in [-0.4, -0.2) is 12.0 Å². The number of amides is 1. The van der Waals surface area contributed by atoms with Gasteiger partial charge in [0.25, 0.3) is 5.91 Å². The van der Waals surface area contributed by atoms with E-state index < -0.39 is 6.10 Å². The Kier molecular flexibility index (Phi) is 6.05. The van der Waals surface area contributed by atoms with Gasteiger partial charge in [-0.2, -0.15) is 0 Å². The largest absolute Gasteiger partial charge is 0.481 e. The summed E-state index contributed by atoms with van der Waals surface area (Å²) in [5, 5.41) is 3.44. The van der Waals surface area contributed by atoms with Crippen molar-refractivity contribution in [2.75, 3.05) is 5.32 Å². The van der Waals surface area contributed by atoms with E-state index in [9.17, 15) is 4.79 Å². The molecule has 1 atom stereocenters. The van der Waals surface area contributed by atoms with Crippen molar-refractivity contribution < 1.29 is 9.53 Å². The van der Waals surface area contributed by atoms with E-state index in [1.807, 2.05) is 43.3 Å². The van der Waals surface area contributed by atoms with Crippen molar-refractivity contribution >= 4 is 23.2 Å². The molecule has 0 aromatic heterocycles. The number of hydrogen-bond donors (Lipinski definition) is 1. The van der Waals surface area contributed by atoms with Gasteiger partial charge in [-0.05, 0) is 55.7 Å². The molecule has 0 bridgehead atoms. The molecule has 0 aliphatic carbocycles. The van der Waals surface area contributed by atoms with Crippen molar-refractivity contribution in [2.45, 2.75) is 39.7 Å². The van der Waals surface area contributed by atoms with Crippen LogP contribution in [0.25, 0.3) is 0 Å². The topological polar surface area (TPSA) is 38.3 Å². The summed E-state index contributed by atoms with van der Waals surface area (Å²) < 4.78 is 5.69. The number of rotatable bonds is 6. The summed E-state index contributed by atoms with van der Waals surface area (Å²) in [7, 11) is 0. The van der Waals surface area contributed by atoms with Gasteiger partial charge >= 0.3 is 0 Å². The Morgan fingerprint density at radius 3 is 2.52 bits per heavy atom. The molecule has 0 saturated carbocycles. The molecule has 0 fully saturated rings.